The summed E-state index contributed by atoms with van der Waals surface area (Å²) >= 11 is 0. The zero-order chi connectivity index (χ0) is 13.7. The van der Waals surface area contributed by atoms with Gasteiger partial charge in [-0.25, -0.2) is 0 Å². The van der Waals surface area contributed by atoms with Gasteiger partial charge in [0, 0.05) is 12.3 Å². The average molecular weight is 252 g/mol. The van der Waals surface area contributed by atoms with Crippen LogP contribution < -0.4 is 0 Å². The lowest BCUT2D eigenvalue weighted by atomic mass is 9.55. The van der Waals surface area contributed by atoms with Crippen molar-refractivity contribution < 1.29 is 15.0 Å². The molecule has 0 saturated heterocycles. The van der Waals surface area contributed by atoms with Crippen molar-refractivity contribution >= 4 is 5.78 Å². The summed E-state index contributed by atoms with van der Waals surface area (Å²) < 4.78 is 0. The fourth-order valence-corrected chi connectivity index (χ4v) is 3.95. The zero-order valence-corrected chi connectivity index (χ0v) is 11.7. The van der Waals surface area contributed by atoms with E-state index in [-0.39, 0.29) is 17.1 Å². The van der Waals surface area contributed by atoms with Crippen LogP contribution in [0.5, 0.6) is 0 Å². The third-order valence-corrected chi connectivity index (χ3v) is 4.89. The molecular formula is C15H24O3. The van der Waals surface area contributed by atoms with Crippen LogP contribution in [0.25, 0.3) is 0 Å². The second-order valence-electron chi connectivity index (χ2n) is 7.01. The Morgan fingerprint density at radius 2 is 2.06 bits per heavy atom. The molecule has 3 nitrogen and oxygen atoms in total. The number of hydrogen-bond donors (Lipinski definition) is 2. The molecular weight excluding hydrogens is 228 g/mol. The first-order chi connectivity index (χ1) is 8.13. The van der Waals surface area contributed by atoms with Crippen LogP contribution in [0, 0.1) is 17.3 Å². The van der Waals surface area contributed by atoms with Gasteiger partial charge >= 0.3 is 0 Å². The molecule has 3 heteroatoms. The zero-order valence-electron chi connectivity index (χ0n) is 11.7. The van der Waals surface area contributed by atoms with E-state index >= 15 is 0 Å². The van der Waals surface area contributed by atoms with Crippen molar-refractivity contribution in [2.24, 2.45) is 17.3 Å². The van der Waals surface area contributed by atoms with E-state index in [0.717, 1.165) is 12.0 Å². The largest absolute Gasteiger partial charge is 0.393 e. The van der Waals surface area contributed by atoms with E-state index in [1.807, 2.05) is 6.92 Å². The monoisotopic (exact) mass is 252 g/mol. The minimum absolute atomic E-state index is 0.118. The lowest BCUT2D eigenvalue weighted by molar-refractivity contribution is -0.128. The number of fused-ring (bicyclic) bond motifs is 1. The number of hydrogen-bond acceptors (Lipinski definition) is 3. The Labute approximate surface area is 109 Å². The van der Waals surface area contributed by atoms with Crippen LogP contribution in [0.2, 0.25) is 0 Å². The number of aliphatic hydroxyl groups excluding tert-OH is 1. The summed E-state index contributed by atoms with van der Waals surface area (Å²) in [5.41, 5.74) is 0.0921. The summed E-state index contributed by atoms with van der Waals surface area (Å²) in [6.07, 6.45) is 3.10. The first-order valence-corrected chi connectivity index (χ1v) is 6.75. The van der Waals surface area contributed by atoms with Crippen LogP contribution in [0.4, 0.5) is 0 Å². The Kier molecular flexibility index (Phi) is 3.19. The number of carbonyl (C=O) groups excluding carboxylic acids is 1. The second kappa shape index (κ2) is 4.17. The van der Waals surface area contributed by atoms with Crippen LogP contribution in [-0.2, 0) is 4.79 Å². The SMILES string of the molecule is CC1=CC(=O)C[C@]2(C)C[C@@H](O)[C@H](C(C)(C)O)C[C@@H]12. The van der Waals surface area contributed by atoms with E-state index < -0.39 is 11.7 Å². The van der Waals surface area contributed by atoms with E-state index in [2.05, 4.69) is 6.92 Å². The van der Waals surface area contributed by atoms with Crippen molar-refractivity contribution in [3.05, 3.63) is 11.6 Å². The Bertz CT molecular complexity index is 391. The van der Waals surface area contributed by atoms with Crippen LogP contribution >= 0.6 is 0 Å². The second-order valence-corrected chi connectivity index (χ2v) is 7.01. The number of allylic oxidation sites excluding steroid dienone is 2. The molecule has 0 radical (unpaired) electrons. The lowest BCUT2D eigenvalue weighted by Gasteiger charge is -2.51. The quantitative estimate of drug-likeness (QED) is 0.751. The maximum absolute atomic E-state index is 11.7. The van der Waals surface area contributed by atoms with E-state index in [4.69, 9.17) is 0 Å². The molecule has 2 N–H and O–H groups in total. The molecule has 0 aliphatic heterocycles. The Morgan fingerprint density at radius 1 is 1.44 bits per heavy atom. The molecule has 0 aromatic heterocycles. The Balaban J connectivity index is 2.32. The van der Waals surface area contributed by atoms with Crippen LogP contribution in [-0.4, -0.2) is 27.7 Å². The van der Waals surface area contributed by atoms with Crippen molar-refractivity contribution in [3.8, 4) is 0 Å². The van der Waals surface area contributed by atoms with Gasteiger partial charge in [0.05, 0.1) is 11.7 Å². The van der Waals surface area contributed by atoms with Crippen LogP contribution in [0.3, 0.4) is 0 Å². The molecule has 2 rings (SSSR count). The molecule has 2 aliphatic rings. The maximum Gasteiger partial charge on any atom is 0.156 e. The summed E-state index contributed by atoms with van der Waals surface area (Å²) in [4.78, 5) is 11.7. The van der Waals surface area contributed by atoms with Gasteiger partial charge in [-0.2, -0.15) is 0 Å². The number of rotatable bonds is 1. The highest BCUT2D eigenvalue weighted by Crippen LogP contribution is 2.52. The maximum atomic E-state index is 11.7. The van der Waals surface area contributed by atoms with Gasteiger partial charge in [0.15, 0.2) is 5.78 Å². The van der Waals surface area contributed by atoms with Gasteiger partial charge in [-0.3, -0.25) is 4.79 Å². The normalized spacial score (nSPS) is 41.3. The van der Waals surface area contributed by atoms with Crippen LogP contribution in [0.1, 0.15) is 47.0 Å². The Hall–Kier alpha value is -0.670. The minimum Gasteiger partial charge on any atom is -0.393 e. The highest BCUT2D eigenvalue weighted by atomic mass is 16.3. The van der Waals surface area contributed by atoms with Gasteiger partial charge in [0.2, 0.25) is 0 Å². The standard InChI is InChI=1S/C15H24O3/c1-9-5-10(16)7-15(4)8-13(17)12(6-11(9)15)14(2,3)18/h5,11-13,17-18H,6-8H2,1-4H3/t11-,12+,13+,15+/m0/s1. The molecule has 0 heterocycles. The van der Waals surface area contributed by atoms with E-state index in [9.17, 15) is 15.0 Å². The number of aliphatic hydroxyl groups is 2. The minimum atomic E-state index is -0.873. The third kappa shape index (κ3) is 2.26. The highest BCUT2D eigenvalue weighted by Gasteiger charge is 2.50. The van der Waals surface area contributed by atoms with Gasteiger partial charge in [-0.1, -0.05) is 12.5 Å². The van der Waals surface area contributed by atoms with Crippen LogP contribution in [0.15, 0.2) is 11.6 Å². The molecule has 0 amide bonds. The first-order valence-electron chi connectivity index (χ1n) is 6.75. The highest BCUT2D eigenvalue weighted by molar-refractivity contribution is 5.92. The molecule has 1 saturated carbocycles. The average Bonchev–Trinajstić information content (AvgIpc) is 2.11. The Morgan fingerprint density at radius 3 is 2.61 bits per heavy atom. The fraction of sp³-hybridized carbons (Fsp3) is 0.800. The molecule has 18 heavy (non-hydrogen) atoms. The molecule has 1 fully saturated rings. The van der Waals surface area contributed by atoms with Crippen molar-refractivity contribution in [1.82, 2.24) is 0 Å². The summed E-state index contributed by atoms with van der Waals surface area (Å²) in [7, 11) is 0. The summed E-state index contributed by atoms with van der Waals surface area (Å²) in [6, 6.07) is 0. The molecule has 0 spiro atoms. The molecule has 102 valence electrons. The molecule has 0 bridgehead atoms. The molecule has 0 unspecified atom stereocenters. The third-order valence-electron chi connectivity index (χ3n) is 4.89. The molecule has 0 aromatic rings. The smallest absolute Gasteiger partial charge is 0.156 e. The van der Waals surface area contributed by atoms with Crippen molar-refractivity contribution in [2.45, 2.75) is 58.7 Å². The van der Waals surface area contributed by atoms with Gasteiger partial charge < -0.3 is 10.2 Å². The lowest BCUT2D eigenvalue weighted by Crippen LogP contribution is -2.51. The van der Waals surface area contributed by atoms with E-state index in [1.54, 1.807) is 19.9 Å². The summed E-state index contributed by atoms with van der Waals surface area (Å²) in [6.45, 7) is 7.61. The number of carbonyl (C=O) groups is 1. The molecule has 0 aromatic carbocycles. The van der Waals surface area contributed by atoms with Gasteiger partial charge in [-0.05, 0) is 51.0 Å². The van der Waals surface area contributed by atoms with Crippen molar-refractivity contribution in [2.75, 3.05) is 0 Å². The van der Waals surface area contributed by atoms with Gasteiger partial charge in [-0.15, -0.1) is 0 Å². The predicted octanol–water partition coefficient (Wildman–Crippen LogP) is 2.07. The molecule has 4 atom stereocenters. The van der Waals surface area contributed by atoms with E-state index in [1.165, 1.54) is 0 Å². The van der Waals surface area contributed by atoms with Gasteiger partial charge in [0.25, 0.3) is 0 Å². The summed E-state index contributed by atoms with van der Waals surface area (Å²) in [5, 5.41) is 20.5. The summed E-state index contributed by atoms with van der Waals surface area (Å²) in [5.74, 6) is 0.349. The van der Waals surface area contributed by atoms with E-state index in [0.29, 0.717) is 18.8 Å². The van der Waals surface area contributed by atoms with Crippen molar-refractivity contribution in [1.29, 1.82) is 0 Å². The van der Waals surface area contributed by atoms with Crippen molar-refractivity contribution in [3.63, 3.8) is 0 Å². The fourth-order valence-electron chi connectivity index (χ4n) is 3.95. The van der Waals surface area contributed by atoms with Gasteiger partial charge in [0.1, 0.15) is 0 Å². The topological polar surface area (TPSA) is 57.5 Å². The predicted molar refractivity (Wildman–Crippen MR) is 70.0 cm³/mol. The molecule has 2 aliphatic carbocycles. The number of ketones is 1. The first kappa shape index (κ1) is 13.8.